The van der Waals surface area contributed by atoms with Crippen molar-refractivity contribution in [2.45, 2.75) is 16.1 Å². The van der Waals surface area contributed by atoms with Gasteiger partial charge in [0.2, 0.25) is 5.95 Å². The summed E-state index contributed by atoms with van der Waals surface area (Å²) in [6.45, 7) is 0. The molecule has 9 rings (SSSR count). The van der Waals surface area contributed by atoms with Gasteiger partial charge in [0.1, 0.15) is 0 Å². The van der Waals surface area contributed by atoms with Gasteiger partial charge >= 0.3 is 0 Å². The van der Waals surface area contributed by atoms with Crippen LogP contribution in [0.25, 0.3) is 60.7 Å². The van der Waals surface area contributed by atoms with E-state index in [0.717, 1.165) is 27.7 Å². The minimum Gasteiger partial charge on any atom is -0.277 e. The maximum absolute atomic E-state index is 5.32. The van der Waals surface area contributed by atoms with Crippen LogP contribution in [0.15, 0.2) is 132 Å². The van der Waals surface area contributed by atoms with Gasteiger partial charge in [0.05, 0.1) is 22.2 Å². The van der Waals surface area contributed by atoms with E-state index in [4.69, 9.17) is 9.97 Å². The van der Waals surface area contributed by atoms with Gasteiger partial charge in [0, 0.05) is 43.2 Å². The molecular formula is C36H23N3S. The Balaban J connectivity index is 1.47. The standard InChI is InChI=1S/C36H23N3S/c1-2-12-22(13-3-1)33-25-16-6-9-19-28(25)37-36(38-33)39-29-20-10-7-17-26(29)31-32-27-18-8-11-21-30(27)40-35(32)24-15-5-4-14-23(24)34(31)39/h1-21,27,30H. The maximum Gasteiger partial charge on any atom is 0.235 e. The Morgan fingerprint density at radius 3 is 2.20 bits per heavy atom. The fraction of sp³-hybridized carbons (Fsp3) is 0.0556. The number of nitrogens with zero attached hydrogens (tertiary/aromatic N) is 3. The number of allylic oxidation sites excluding steroid dienone is 3. The van der Waals surface area contributed by atoms with Crippen LogP contribution >= 0.6 is 11.8 Å². The van der Waals surface area contributed by atoms with Crippen molar-refractivity contribution in [3.63, 3.8) is 0 Å². The number of aromatic nitrogens is 3. The van der Waals surface area contributed by atoms with Crippen molar-refractivity contribution >= 4 is 55.2 Å². The molecule has 7 aromatic rings. The molecule has 0 spiro atoms. The molecule has 1 aliphatic heterocycles. The highest BCUT2D eigenvalue weighted by Gasteiger charge is 2.36. The zero-order valence-electron chi connectivity index (χ0n) is 21.5. The van der Waals surface area contributed by atoms with E-state index in [0.29, 0.717) is 17.1 Å². The summed E-state index contributed by atoms with van der Waals surface area (Å²) < 4.78 is 2.31. The van der Waals surface area contributed by atoms with E-state index in [2.05, 4.69) is 126 Å². The van der Waals surface area contributed by atoms with E-state index in [1.807, 2.05) is 17.8 Å². The molecule has 3 heterocycles. The lowest BCUT2D eigenvalue weighted by molar-refractivity contribution is 0.892. The molecule has 4 heteroatoms. The maximum atomic E-state index is 5.32. The average Bonchev–Trinajstić information content (AvgIpc) is 3.58. The van der Waals surface area contributed by atoms with Crippen LogP contribution < -0.4 is 0 Å². The van der Waals surface area contributed by atoms with Crippen molar-refractivity contribution in [2.75, 3.05) is 0 Å². The molecule has 188 valence electrons. The molecular weight excluding hydrogens is 506 g/mol. The third-order valence-electron chi connectivity index (χ3n) is 8.33. The monoisotopic (exact) mass is 529 g/mol. The lowest BCUT2D eigenvalue weighted by Gasteiger charge is -2.16. The fourth-order valence-corrected chi connectivity index (χ4v) is 8.13. The number of para-hydroxylation sites is 2. The van der Waals surface area contributed by atoms with Gasteiger partial charge < -0.3 is 0 Å². The first-order valence-corrected chi connectivity index (χ1v) is 14.6. The van der Waals surface area contributed by atoms with Crippen molar-refractivity contribution < 1.29 is 0 Å². The number of hydrogen-bond acceptors (Lipinski definition) is 3. The summed E-state index contributed by atoms with van der Waals surface area (Å²) in [6.07, 6.45) is 9.13. The van der Waals surface area contributed by atoms with Gasteiger partial charge in [-0.05, 0) is 23.1 Å². The van der Waals surface area contributed by atoms with E-state index in [1.165, 1.54) is 37.5 Å². The minimum atomic E-state index is 0.341. The summed E-state index contributed by atoms with van der Waals surface area (Å²) in [6, 6.07) is 36.4. The summed E-state index contributed by atoms with van der Waals surface area (Å²) in [5.41, 5.74) is 6.74. The lowest BCUT2D eigenvalue weighted by Crippen LogP contribution is -2.07. The van der Waals surface area contributed by atoms with E-state index >= 15 is 0 Å². The number of rotatable bonds is 2. The molecule has 0 saturated carbocycles. The highest BCUT2D eigenvalue weighted by Crippen LogP contribution is 2.55. The SMILES string of the molecule is C1=CC2Sc3c(c4c5ccccc5n(-c5nc(-c6ccccc6)c6ccccc6n5)c4c4ccccc34)C2C=C1. The van der Waals surface area contributed by atoms with Gasteiger partial charge in [0.15, 0.2) is 0 Å². The molecule has 2 atom stereocenters. The Kier molecular flexibility index (Phi) is 4.66. The first kappa shape index (κ1) is 22.2. The van der Waals surface area contributed by atoms with E-state index in [-0.39, 0.29) is 0 Å². The second-order valence-electron chi connectivity index (χ2n) is 10.5. The van der Waals surface area contributed by atoms with Crippen LogP contribution in [-0.2, 0) is 0 Å². The van der Waals surface area contributed by atoms with E-state index in [1.54, 1.807) is 0 Å². The quantitative estimate of drug-likeness (QED) is 0.224. The fourth-order valence-electron chi connectivity index (χ4n) is 6.64. The van der Waals surface area contributed by atoms with Gasteiger partial charge in [-0.3, -0.25) is 4.57 Å². The number of benzene rings is 5. The van der Waals surface area contributed by atoms with Crippen LogP contribution in [0.5, 0.6) is 0 Å². The average molecular weight is 530 g/mol. The van der Waals surface area contributed by atoms with Crippen LogP contribution in [0.1, 0.15) is 11.5 Å². The van der Waals surface area contributed by atoms with Crippen LogP contribution in [0.3, 0.4) is 0 Å². The van der Waals surface area contributed by atoms with Gasteiger partial charge in [0.25, 0.3) is 0 Å². The normalized spacial score (nSPS) is 17.7. The molecule has 5 aromatic carbocycles. The summed E-state index contributed by atoms with van der Waals surface area (Å²) in [5, 5.41) is 6.59. The highest BCUT2D eigenvalue weighted by atomic mass is 32.2. The third-order valence-corrected chi connectivity index (χ3v) is 9.72. The van der Waals surface area contributed by atoms with Crippen LogP contribution in [0.4, 0.5) is 0 Å². The first-order chi connectivity index (χ1) is 19.9. The van der Waals surface area contributed by atoms with Gasteiger partial charge in [-0.25, -0.2) is 9.97 Å². The molecule has 0 fully saturated rings. The molecule has 3 nitrogen and oxygen atoms in total. The first-order valence-electron chi connectivity index (χ1n) is 13.7. The third kappa shape index (κ3) is 3.02. The second kappa shape index (κ2) is 8.41. The Hall–Kier alpha value is -4.67. The molecule has 0 bridgehead atoms. The largest absolute Gasteiger partial charge is 0.277 e. The highest BCUT2D eigenvalue weighted by molar-refractivity contribution is 8.00. The van der Waals surface area contributed by atoms with Crippen LogP contribution in [0, 0.1) is 0 Å². The Morgan fingerprint density at radius 2 is 1.32 bits per heavy atom. The number of fused-ring (bicyclic) bond motifs is 11. The predicted molar refractivity (Wildman–Crippen MR) is 167 cm³/mol. The van der Waals surface area contributed by atoms with Gasteiger partial charge in [-0.2, -0.15) is 0 Å². The molecule has 0 amide bonds. The van der Waals surface area contributed by atoms with E-state index < -0.39 is 0 Å². The zero-order chi connectivity index (χ0) is 26.2. The van der Waals surface area contributed by atoms with Crippen LogP contribution in [-0.4, -0.2) is 19.8 Å². The summed E-state index contributed by atoms with van der Waals surface area (Å²) in [5.74, 6) is 1.05. The van der Waals surface area contributed by atoms with Crippen LogP contribution in [0.2, 0.25) is 0 Å². The molecule has 40 heavy (non-hydrogen) atoms. The molecule has 2 aromatic heterocycles. The molecule has 0 radical (unpaired) electrons. The van der Waals surface area contributed by atoms with Gasteiger partial charge in [-0.1, -0.05) is 115 Å². The Bertz CT molecular complexity index is 2210. The van der Waals surface area contributed by atoms with Crippen molar-refractivity contribution in [3.05, 3.63) is 133 Å². The number of thioether (sulfide) groups is 1. The Morgan fingerprint density at radius 1 is 0.625 bits per heavy atom. The molecule has 1 aliphatic carbocycles. The van der Waals surface area contributed by atoms with Crippen molar-refractivity contribution in [1.82, 2.24) is 14.5 Å². The zero-order valence-corrected chi connectivity index (χ0v) is 22.3. The van der Waals surface area contributed by atoms with Crippen molar-refractivity contribution in [3.8, 4) is 17.2 Å². The predicted octanol–water partition coefficient (Wildman–Crippen LogP) is 9.23. The van der Waals surface area contributed by atoms with E-state index in [9.17, 15) is 0 Å². The molecule has 2 aliphatic rings. The minimum absolute atomic E-state index is 0.341. The van der Waals surface area contributed by atoms with Crippen molar-refractivity contribution in [1.29, 1.82) is 0 Å². The summed E-state index contributed by atoms with van der Waals surface area (Å²) >= 11 is 2.00. The van der Waals surface area contributed by atoms with Gasteiger partial charge in [-0.15, -0.1) is 11.8 Å². The summed E-state index contributed by atoms with van der Waals surface area (Å²) in [7, 11) is 0. The smallest absolute Gasteiger partial charge is 0.235 e. The molecule has 2 unspecified atom stereocenters. The molecule has 0 saturated heterocycles. The number of hydrogen-bond donors (Lipinski definition) is 0. The topological polar surface area (TPSA) is 30.7 Å². The second-order valence-corrected chi connectivity index (χ2v) is 11.7. The lowest BCUT2D eigenvalue weighted by atomic mass is 9.87. The Labute approximate surface area is 235 Å². The molecule has 0 N–H and O–H groups in total. The summed E-state index contributed by atoms with van der Waals surface area (Å²) in [4.78, 5) is 11.9. The van der Waals surface area contributed by atoms with Crippen molar-refractivity contribution in [2.24, 2.45) is 0 Å².